The first-order valence-electron chi connectivity index (χ1n) is 10.7. The molecule has 2 aromatic rings. The molecule has 2 aliphatic rings. The molecule has 2 atom stereocenters. The molecular weight excluding hydrogens is 461 g/mol. The zero-order chi connectivity index (χ0) is 24.7. The van der Waals surface area contributed by atoms with E-state index >= 15 is 0 Å². The Balaban J connectivity index is 1.66. The molecule has 182 valence electrons. The number of ketones is 1. The second kappa shape index (κ2) is 8.94. The third kappa shape index (κ3) is 4.89. The van der Waals surface area contributed by atoms with Gasteiger partial charge in [0, 0.05) is 36.7 Å². The van der Waals surface area contributed by atoms with Gasteiger partial charge in [0.05, 0.1) is 0 Å². The topological polar surface area (TPSA) is 85.5 Å². The Morgan fingerprint density at radius 1 is 1.06 bits per heavy atom. The van der Waals surface area contributed by atoms with Gasteiger partial charge < -0.3 is 10.5 Å². The van der Waals surface area contributed by atoms with E-state index in [4.69, 9.17) is 5.73 Å². The number of carbonyl (C=O) groups excluding carboxylic acids is 2. The van der Waals surface area contributed by atoms with Gasteiger partial charge >= 0.3 is 6.18 Å². The van der Waals surface area contributed by atoms with Crippen LogP contribution in [0.15, 0.2) is 42.6 Å². The quantitative estimate of drug-likeness (QED) is 0.487. The number of fused-ring (bicyclic) bond motifs is 1. The summed E-state index contributed by atoms with van der Waals surface area (Å²) in [5.41, 5.74) is 6.84. The van der Waals surface area contributed by atoms with Gasteiger partial charge in [-0.15, -0.1) is 0 Å². The van der Waals surface area contributed by atoms with Crippen LogP contribution < -0.4 is 10.5 Å². The van der Waals surface area contributed by atoms with Gasteiger partial charge in [0.15, 0.2) is 12.4 Å². The molecule has 6 nitrogen and oxygen atoms in total. The lowest BCUT2D eigenvalue weighted by atomic mass is 9.89. The van der Waals surface area contributed by atoms with Crippen LogP contribution in [0.3, 0.4) is 0 Å². The van der Waals surface area contributed by atoms with Crippen molar-refractivity contribution in [2.24, 2.45) is 5.73 Å². The normalized spacial score (nSPS) is 22.9. The SMILES string of the molecule is NC(=O)C1c2ccccc2C(C(=O)c2ccc(OCC(F)(F)F)nc2)N1C1CCC(F)(F)CC1. The van der Waals surface area contributed by atoms with Crippen LogP contribution in [0.1, 0.15) is 59.3 Å². The van der Waals surface area contributed by atoms with E-state index in [9.17, 15) is 31.5 Å². The summed E-state index contributed by atoms with van der Waals surface area (Å²) >= 11 is 0. The highest BCUT2D eigenvalue weighted by atomic mass is 19.4. The molecule has 34 heavy (non-hydrogen) atoms. The van der Waals surface area contributed by atoms with Crippen molar-refractivity contribution in [3.05, 3.63) is 59.3 Å². The number of ether oxygens (including phenoxy) is 1. The minimum absolute atomic E-state index is 0.0791. The molecule has 4 rings (SSSR count). The Hall–Kier alpha value is -3.08. The van der Waals surface area contributed by atoms with Crippen LogP contribution in [0.5, 0.6) is 5.88 Å². The molecule has 1 aliphatic heterocycles. The number of alkyl halides is 5. The van der Waals surface area contributed by atoms with Crippen LogP contribution >= 0.6 is 0 Å². The molecular formula is C23H22F5N3O3. The summed E-state index contributed by atoms with van der Waals surface area (Å²) in [6.45, 7) is -1.52. The maximum atomic E-state index is 13.8. The largest absolute Gasteiger partial charge is 0.468 e. The van der Waals surface area contributed by atoms with Gasteiger partial charge in [0.25, 0.3) is 0 Å². The molecule has 0 radical (unpaired) electrons. The number of benzene rings is 1. The first kappa shape index (κ1) is 24.1. The number of Topliss-reactive ketones (excluding diaryl/α,β-unsaturated/α-hetero) is 1. The Morgan fingerprint density at radius 3 is 2.21 bits per heavy atom. The lowest BCUT2D eigenvalue weighted by Gasteiger charge is -2.39. The number of nitrogens with two attached hydrogens (primary N) is 1. The lowest BCUT2D eigenvalue weighted by Crippen LogP contribution is -2.46. The average Bonchev–Trinajstić information content (AvgIpc) is 3.12. The fourth-order valence-corrected chi connectivity index (χ4v) is 4.73. The fraction of sp³-hybridized carbons (Fsp3) is 0.435. The number of pyridine rings is 1. The maximum Gasteiger partial charge on any atom is 0.422 e. The summed E-state index contributed by atoms with van der Waals surface area (Å²) in [6.07, 6.45) is -4.02. The molecule has 2 heterocycles. The number of aromatic nitrogens is 1. The second-order valence-corrected chi connectivity index (χ2v) is 8.52. The van der Waals surface area contributed by atoms with Crippen LogP contribution in [0.4, 0.5) is 22.0 Å². The Bertz CT molecular complexity index is 1060. The van der Waals surface area contributed by atoms with Crippen molar-refractivity contribution in [3.63, 3.8) is 0 Å². The molecule has 1 fully saturated rings. The van der Waals surface area contributed by atoms with Crippen molar-refractivity contribution < 1.29 is 36.3 Å². The third-order valence-corrected chi connectivity index (χ3v) is 6.21. The van der Waals surface area contributed by atoms with Crippen LogP contribution in [0, 0.1) is 0 Å². The van der Waals surface area contributed by atoms with Gasteiger partial charge in [-0.3, -0.25) is 14.5 Å². The number of rotatable bonds is 6. The number of halogens is 5. The summed E-state index contributed by atoms with van der Waals surface area (Å²) in [4.78, 5) is 31.4. The van der Waals surface area contributed by atoms with Crippen molar-refractivity contribution in [3.8, 4) is 5.88 Å². The highest BCUT2D eigenvalue weighted by Crippen LogP contribution is 2.48. The van der Waals surface area contributed by atoms with E-state index in [1.807, 2.05) is 0 Å². The van der Waals surface area contributed by atoms with Gasteiger partial charge in [-0.05, 0) is 30.0 Å². The van der Waals surface area contributed by atoms with Crippen molar-refractivity contribution >= 4 is 11.7 Å². The maximum absolute atomic E-state index is 13.8. The molecule has 0 saturated heterocycles. The number of hydrogen-bond acceptors (Lipinski definition) is 5. The highest BCUT2D eigenvalue weighted by molar-refractivity contribution is 6.02. The van der Waals surface area contributed by atoms with Crippen molar-refractivity contribution in [1.82, 2.24) is 9.88 Å². The molecule has 0 bridgehead atoms. The molecule has 2 N–H and O–H groups in total. The molecule has 1 saturated carbocycles. The molecule has 1 aromatic carbocycles. The number of primary amides is 1. The molecule has 0 spiro atoms. The standard InChI is InChI=1S/C23H22F5N3O3/c24-22(25)9-7-14(8-10-22)31-18(15-3-1-2-4-16(15)19(31)21(29)33)20(32)13-5-6-17(30-11-13)34-12-23(26,27)28/h1-6,11,14,18-19H,7-10,12H2,(H2,29,33). The van der Waals surface area contributed by atoms with Gasteiger partial charge in [-0.25, -0.2) is 13.8 Å². The van der Waals surface area contributed by atoms with E-state index in [2.05, 4.69) is 9.72 Å². The molecule has 11 heteroatoms. The zero-order valence-electron chi connectivity index (χ0n) is 17.9. The predicted octanol–water partition coefficient (Wildman–Crippen LogP) is 4.37. The van der Waals surface area contributed by atoms with Gasteiger partial charge in [0.2, 0.25) is 17.7 Å². The van der Waals surface area contributed by atoms with Crippen molar-refractivity contribution in [2.45, 2.75) is 55.9 Å². The average molecular weight is 483 g/mol. The Kier molecular flexibility index (Phi) is 6.32. The van der Waals surface area contributed by atoms with E-state index in [0.717, 1.165) is 12.3 Å². The Labute approximate surface area is 191 Å². The molecule has 1 aliphatic carbocycles. The summed E-state index contributed by atoms with van der Waals surface area (Å²) in [5, 5.41) is 0. The molecule has 1 aromatic heterocycles. The van der Waals surface area contributed by atoms with Crippen LogP contribution in [0.2, 0.25) is 0 Å². The van der Waals surface area contributed by atoms with Crippen LogP contribution in [0.25, 0.3) is 0 Å². The summed E-state index contributed by atoms with van der Waals surface area (Å²) in [7, 11) is 0. The van der Waals surface area contributed by atoms with E-state index in [-0.39, 0.29) is 37.1 Å². The number of amides is 1. The second-order valence-electron chi connectivity index (χ2n) is 8.52. The monoisotopic (exact) mass is 483 g/mol. The molecule has 1 amide bonds. The minimum Gasteiger partial charge on any atom is -0.468 e. The third-order valence-electron chi connectivity index (χ3n) is 6.21. The van der Waals surface area contributed by atoms with Crippen molar-refractivity contribution in [1.29, 1.82) is 0 Å². The van der Waals surface area contributed by atoms with Crippen LogP contribution in [-0.4, -0.2) is 46.3 Å². The van der Waals surface area contributed by atoms with E-state index in [0.29, 0.717) is 11.1 Å². The Morgan fingerprint density at radius 2 is 1.68 bits per heavy atom. The van der Waals surface area contributed by atoms with E-state index in [1.165, 1.54) is 6.07 Å². The summed E-state index contributed by atoms with van der Waals surface area (Å²) in [6, 6.07) is 6.75. The number of nitrogens with zero attached hydrogens (tertiary/aromatic N) is 2. The van der Waals surface area contributed by atoms with Gasteiger partial charge in [-0.2, -0.15) is 13.2 Å². The predicted molar refractivity (Wildman–Crippen MR) is 110 cm³/mol. The first-order valence-corrected chi connectivity index (χ1v) is 10.7. The van der Waals surface area contributed by atoms with Gasteiger partial charge in [0.1, 0.15) is 12.1 Å². The smallest absolute Gasteiger partial charge is 0.422 e. The summed E-state index contributed by atoms with van der Waals surface area (Å²) in [5.74, 6) is -4.28. The van der Waals surface area contributed by atoms with E-state index in [1.54, 1.807) is 29.2 Å². The first-order chi connectivity index (χ1) is 16.0. The highest BCUT2D eigenvalue weighted by Gasteiger charge is 2.50. The lowest BCUT2D eigenvalue weighted by molar-refractivity contribution is -0.154. The van der Waals surface area contributed by atoms with E-state index < -0.39 is 48.5 Å². The number of carbonyl (C=O) groups is 2. The number of hydrogen-bond donors (Lipinski definition) is 1. The summed E-state index contributed by atoms with van der Waals surface area (Å²) < 4.78 is 69.3. The minimum atomic E-state index is -4.54. The van der Waals surface area contributed by atoms with Crippen LogP contribution in [-0.2, 0) is 4.79 Å². The van der Waals surface area contributed by atoms with Gasteiger partial charge in [-0.1, -0.05) is 24.3 Å². The fourth-order valence-electron chi connectivity index (χ4n) is 4.73. The zero-order valence-corrected chi connectivity index (χ0v) is 17.9. The molecule has 2 unspecified atom stereocenters. The van der Waals surface area contributed by atoms with Crippen molar-refractivity contribution in [2.75, 3.05) is 6.61 Å².